The Bertz CT molecular complexity index is 318. The number of aryl methyl sites for hydroxylation is 1. The second-order valence-corrected chi connectivity index (χ2v) is 4.48. The zero-order chi connectivity index (χ0) is 11.4. The highest BCUT2D eigenvalue weighted by Crippen LogP contribution is 2.13. The van der Waals surface area contributed by atoms with Crippen LogP contribution in [0.4, 0.5) is 0 Å². The zero-order valence-electron chi connectivity index (χ0n) is 10.1. The van der Waals surface area contributed by atoms with Crippen LogP contribution < -0.4 is 5.32 Å². The van der Waals surface area contributed by atoms with E-state index in [2.05, 4.69) is 27.4 Å². The van der Waals surface area contributed by atoms with Crippen molar-refractivity contribution in [2.45, 2.75) is 38.8 Å². The van der Waals surface area contributed by atoms with E-state index < -0.39 is 0 Å². The quantitative estimate of drug-likeness (QED) is 0.828. The fourth-order valence-electron chi connectivity index (χ4n) is 2.20. The van der Waals surface area contributed by atoms with E-state index in [1.807, 2.05) is 6.92 Å². The Morgan fingerprint density at radius 1 is 1.44 bits per heavy atom. The lowest BCUT2D eigenvalue weighted by Crippen LogP contribution is -2.32. The maximum absolute atomic E-state index is 4.98. The normalized spacial score (nSPS) is 22.3. The Morgan fingerprint density at radius 3 is 3.06 bits per heavy atom. The molecule has 0 unspecified atom stereocenters. The highest BCUT2D eigenvalue weighted by Gasteiger charge is 2.18. The topological polar surface area (TPSA) is 54.2 Å². The average molecular weight is 224 g/mol. The number of hydrogen-bond donors (Lipinski definition) is 1. The predicted octanol–water partition coefficient (Wildman–Crippen LogP) is 0.952. The number of aromatic nitrogens is 2. The molecule has 16 heavy (non-hydrogen) atoms. The van der Waals surface area contributed by atoms with Crippen molar-refractivity contribution >= 4 is 0 Å². The third-order valence-electron chi connectivity index (χ3n) is 3.13. The summed E-state index contributed by atoms with van der Waals surface area (Å²) >= 11 is 0. The summed E-state index contributed by atoms with van der Waals surface area (Å²) in [5.41, 5.74) is 0. The molecule has 0 saturated carbocycles. The molecule has 5 nitrogen and oxygen atoms in total. The fourth-order valence-corrected chi connectivity index (χ4v) is 2.20. The molecule has 1 aromatic rings. The van der Waals surface area contributed by atoms with E-state index in [-0.39, 0.29) is 0 Å². The van der Waals surface area contributed by atoms with Crippen molar-refractivity contribution < 1.29 is 4.52 Å². The summed E-state index contributed by atoms with van der Waals surface area (Å²) in [5, 5.41) is 7.35. The molecule has 0 aliphatic carbocycles. The first-order valence-electron chi connectivity index (χ1n) is 5.96. The number of nitrogens with zero attached hydrogens (tertiary/aromatic N) is 3. The monoisotopic (exact) mass is 224 g/mol. The van der Waals surface area contributed by atoms with Crippen LogP contribution in [0.15, 0.2) is 4.52 Å². The van der Waals surface area contributed by atoms with Gasteiger partial charge in [-0.1, -0.05) is 5.16 Å². The molecule has 1 fully saturated rings. The highest BCUT2D eigenvalue weighted by atomic mass is 16.5. The van der Waals surface area contributed by atoms with Crippen molar-refractivity contribution in [3.8, 4) is 0 Å². The second-order valence-electron chi connectivity index (χ2n) is 4.48. The molecule has 1 aromatic heterocycles. The lowest BCUT2D eigenvalue weighted by atomic mass is 10.1. The third kappa shape index (κ3) is 3.02. The maximum atomic E-state index is 4.98. The highest BCUT2D eigenvalue weighted by molar-refractivity contribution is 4.85. The van der Waals surface area contributed by atoms with Crippen LogP contribution in [0.3, 0.4) is 0 Å². The summed E-state index contributed by atoms with van der Waals surface area (Å²) in [6.45, 7) is 4.86. The summed E-state index contributed by atoms with van der Waals surface area (Å²) in [5.74, 6) is 1.43. The summed E-state index contributed by atoms with van der Waals surface area (Å²) in [6, 6.07) is 0.633. The largest absolute Gasteiger partial charge is 0.340 e. The minimum absolute atomic E-state index is 0.633. The van der Waals surface area contributed by atoms with Gasteiger partial charge >= 0.3 is 0 Å². The average Bonchev–Trinajstić information content (AvgIpc) is 2.56. The summed E-state index contributed by atoms with van der Waals surface area (Å²) < 4.78 is 4.98. The van der Waals surface area contributed by atoms with Crippen LogP contribution in [-0.4, -0.2) is 41.2 Å². The molecule has 90 valence electrons. The molecule has 0 aromatic carbocycles. The van der Waals surface area contributed by atoms with Crippen molar-refractivity contribution in [1.29, 1.82) is 0 Å². The van der Waals surface area contributed by atoms with Crippen LogP contribution in [0.2, 0.25) is 0 Å². The van der Waals surface area contributed by atoms with Gasteiger partial charge in [-0.2, -0.15) is 4.98 Å². The van der Waals surface area contributed by atoms with Crippen molar-refractivity contribution in [2.75, 3.05) is 20.1 Å². The van der Waals surface area contributed by atoms with Gasteiger partial charge in [0.05, 0.1) is 6.54 Å². The van der Waals surface area contributed by atoms with Gasteiger partial charge in [-0.15, -0.1) is 0 Å². The van der Waals surface area contributed by atoms with Crippen molar-refractivity contribution in [3.05, 3.63) is 11.7 Å². The standard InChI is InChI=1S/C11H20N4O/c1-9-13-11(14-16-9)8-15(2)10-4-3-6-12-7-5-10/h10,12H,3-8H2,1-2H3/t10-/m1/s1. The van der Waals surface area contributed by atoms with Crippen LogP contribution in [0, 0.1) is 6.92 Å². The first kappa shape index (κ1) is 11.5. The van der Waals surface area contributed by atoms with Crippen molar-refractivity contribution in [3.63, 3.8) is 0 Å². The van der Waals surface area contributed by atoms with Crippen LogP contribution in [0.25, 0.3) is 0 Å². The molecule has 1 N–H and O–H groups in total. The Hall–Kier alpha value is -0.940. The van der Waals surface area contributed by atoms with Gasteiger partial charge in [0.2, 0.25) is 5.89 Å². The van der Waals surface area contributed by atoms with Crippen LogP contribution >= 0.6 is 0 Å². The van der Waals surface area contributed by atoms with Crippen molar-refractivity contribution in [2.24, 2.45) is 0 Å². The molecule has 1 aliphatic rings. The summed E-state index contributed by atoms with van der Waals surface area (Å²) in [6.07, 6.45) is 3.70. The lowest BCUT2D eigenvalue weighted by Gasteiger charge is -2.25. The Kier molecular flexibility index (Phi) is 3.90. The van der Waals surface area contributed by atoms with Crippen LogP contribution in [-0.2, 0) is 6.54 Å². The number of nitrogens with one attached hydrogen (secondary N) is 1. The molecule has 0 radical (unpaired) electrons. The van der Waals surface area contributed by atoms with E-state index in [9.17, 15) is 0 Å². The van der Waals surface area contributed by atoms with E-state index in [4.69, 9.17) is 4.52 Å². The Balaban J connectivity index is 1.88. The fraction of sp³-hybridized carbons (Fsp3) is 0.818. The summed E-state index contributed by atoms with van der Waals surface area (Å²) in [7, 11) is 2.14. The van der Waals surface area contributed by atoms with Gasteiger partial charge in [-0.3, -0.25) is 4.90 Å². The van der Waals surface area contributed by atoms with Gasteiger partial charge in [0, 0.05) is 13.0 Å². The molecule has 1 saturated heterocycles. The molecule has 1 aliphatic heterocycles. The van der Waals surface area contributed by atoms with Crippen LogP contribution in [0.5, 0.6) is 0 Å². The second kappa shape index (κ2) is 5.41. The molecule has 0 amide bonds. The third-order valence-corrected chi connectivity index (χ3v) is 3.13. The Morgan fingerprint density at radius 2 is 2.31 bits per heavy atom. The SMILES string of the molecule is Cc1nc(CN(C)[C@@H]2CCCNCC2)no1. The number of hydrogen-bond acceptors (Lipinski definition) is 5. The number of rotatable bonds is 3. The first-order valence-corrected chi connectivity index (χ1v) is 5.96. The molecule has 0 bridgehead atoms. The lowest BCUT2D eigenvalue weighted by molar-refractivity contribution is 0.209. The zero-order valence-corrected chi connectivity index (χ0v) is 10.1. The molecule has 2 rings (SSSR count). The van der Waals surface area contributed by atoms with Gasteiger partial charge in [0.25, 0.3) is 0 Å². The first-order chi connectivity index (χ1) is 7.75. The molecule has 5 heteroatoms. The summed E-state index contributed by atoms with van der Waals surface area (Å²) in [4.78, 5) is 6.56. The smallest absolute Gasteiger partial charge is 0.223 e. The van der Waals surface area contributed by atoms with Gasteiger partial charge in [0.1, 0.15) is 0 Å². The van der Waals surface area contributed by atoms with Gasteiger partial charge < -0.3 is 9.84 Å². The van der Waals surface area contributed by atoms with Gasteiger partial charge in [0.15, 0.2) is 5.82 Å². The van der Waals surface area contributed by atoms with E-state index >= 15 is 0 Å². The molecule has 0 spiro atoms. The van der Waals surface area contributed by atoms with Gasteiger partial charge in [-0.05, 0) is 39.4 Å². The minimum Gasteiger partial charge on any atom is -0.340 e. The Labute approximate surface area is 96.2 Å². The van der Waals surface area contributed by atoms with E-state index in [1.165, 1.54) is 19.3 Å². The minimum atomic E-state index is 0.633. The van der Waals surface area contributed by atoms with Crippen LogP contribution in [0.1, 0.15) is 31.0 Å². The van der Waals surface area contributed by atoms with E-state index in [0.717, 1.165) is 25.5 Å². The van der Waals surface area contributed by atoms with Crippen molar-refractivity contribution in [1.82, 2.24) is 20.4 Å². The maximum Gasteiger partial charge on any atom is 0.223 e. The van der Waals surface area contributed by atoms with Gasteiger partial charge in [-0.25, -0.2) is 0 Å². The predicted molar refractivity (Wildman–Crippen MR) is 61.0 cm³/mol. The molecular formula is C11H20N4O. The molecular weight excluding hydrogens is 204 g/mol. The molecule has 1 atom stereocenters. The van der Waals surface area contributed by atoms with E-state index in [0.29, 0.717) is 11.9 Å². The molecule has 2 heterocycles. The van der Waals surface area contributed by atoms with E-state index in [1.54, 1.807) is 0 Å².